The highest BCUT2D eigenvalue weighted by Crippen LogP contribution is 2.26. The summed E-state index contributed by atoms with van der Waals surface area (Å²) in [6.07, 6.45) is 2.95. The second-order valence-electron chi connectivity index (χ2n) is 4.78. The number of hydrogen-bond donors (Lipinski definition) is 2. The van der Waals surface area contributed by atoms with Gasteiger partial charge in [0.1, 0.15) is 0 Å². The molecule has 0 saturated heterocycles. The van der Waals surface area contributed by atoms with Crippen LogP contribution in [0, 0.1) is 6.92 Å². The lowest BCUT2D eigenvalue weighted by molar-refractivity contribution is 0.284. The van der Waals surface area contributed by atoms with Crippen LogP contribution in [0.1, 0.15) is 29.5 Å². The topological polar surface area (TPSA) is 20.2 Å². The Morgan fingerprint density at radius 1 is 1.06 bits per heavy atom. The van der Waals surface area contributed by atoms with E-state index < -0.39 is 0 Å². The first-order valence-electron chi connectivity index (χ1n) is 6.49. The van der Waals surface area contributed by atoms with Gasteiger partial charge in [0.15, 0.2) is 0 Å². The van der Waals surface area contributed by atoms with Crippen LogP contribution in [0.25, 0.3) is 10.8 Å². The lowest BCUT2D eigenvalue weighted by atomic mass is 9.95. The molecule has 0 radical (unpaired) electrons. The van der Waals surface area contributed by atoms with E-state index in [0.717, 1.165) is 25.0 Å². The third kappa shape index (κ3) is 2.88. The van der Waals surface area contributed by atoms with Crippen LogP contribution in [0.2, 0.25) is 0 Å². The van der Waals surface area contributed by atoms with Crippen molar-refractivity contribution in [2.24, 2.45) is 0 Å². The standard InChI is InChI=1S/C16H20OS/c1-12-9-13(5-2-3-8-17)15-7-4-6-14(11-18)16(15)10-12/h4,6-7,9-10,17-18H,2-3,5,8,11H2,1H3. The summed E-state index contributed by atoms with van der Waals surface area (Å²) in [5.74, 6) is 0.775. The van der Waals surface area contributed by atoms with Crippen molar-refractivity contribution in [1.82, 2.24) is 0 Å². The Kier molecular flexibility index (Phi) is 4.67. The van der Waals surface area contributed by atoms with Crippen LogP contribution in [0.3, 0.4) is 0 Å². The zero-order valence-corrected chi connectivity index (χ0v) is 11.7. The maximum absolute atomic E-state index is 8.88. The molecule has 0 amide bonds. The zero-order chi connectivity index (χ0) is 13.0. The maximum atomic E-state index is 8.88. The highest BCUT2D eigenvalue weighted by molar-refractivity contribution is 7.79. The molecule has 2 rings (SSSR count). The van der Waals surface area contributed by atoms with E-state index >= 15 is 0 Å². The molecule has 1 N–H and O–H groups in total. The largest absolute Gasteiger partial charge is 0.396 e. The Morgan fingerprint density at radius 3 is 2.61 bits per heavy atom. The summed E-state index contributed by atoms with van der Waals surface area (Å²) in [7, 11) is 0. The molecule has 0 unspecified atom stereocenters. The van der Waals surface area contributed by atoms with E-state index in [4.69, 9.17) is 5.11 Å². The molecule has 2 aromatic rings. The molecule has 0 aliphatic rings. The Bertz CT molecular complexity index is 534. The zero-order valence-electron chi connectivity index (χ0n) is 10.8. The third-order valence-electron chi connectivity index (χ3n) is 3.34. The van der Waals surface area contributed by atoms with Crippen molar-refractivity contribution in [3.05, 3.63) is 47.0 Å². The fourth-order valence-electron chi connectivity index (χ4n) is 2.46. The highest BCUT2D eigenvalue weighted by atomic mass is 32.1. The molecule has 0 aliphatic carbocycles. The summed E-state index contributed by atoms with van der Waals surface area (Å²) in [6.45, 7) is 2.43. The van der Waals surface area contributed by atoms with Crippen LogP contribution >= 0.6 is 12.6 Å². The van der Waals surface area contributed by atoms with Crippen molar-refractivity contribution in [3.63, 3.8) is 0 Å². The van der Waals surface area contributed by atoms with Gasteiger partial charge in [-0.3, -0.25) is 0 Å². The molecule has 2 aromatic carbocycles. The minimum atomic E-state index is 0.283. The summed E-state index contributed by atoms with van der Waals surface area (Å²) in [6, 6.07) is 11.0. The summed E-state index contributed by atoms with van der Waals surface area (Å²) in [4.78, 5) is 0. The summed E-state index contributed by atoms with van der Waals surface area (Å²) in [5, 5.41) is 11.5. The highest BCUT2D eigenvalue weighted by Gasteiger charge is 2.05. The Balaban J connectivity index is 2.45. The fourth-order valence-corrected chi connectivity index (χ4v) is 2.73. The van der Waals surface area contributed by atoms with Gasteiger partial charge >= 0.3 is 0 Å². The normalized spacial score (nSPS) is 11.1. The second-order valence-corrected chi connectivity index (χ2v) is 5.09. The average molecular weight is 260 g/mol. The molecule has 0 heterocycles. The van der Waals surface area contributed by atoms with Gasteiger partial charge in [0.25, 0.3) is 0 Å². The van der Waals surface area contributed by atoms with Gasteiger partial charge in [-0.15, -0.1) is 0 Å². The lowest BCUT2D eigenvalue weighted by Crippen LogP contribution is -1.93. The van der Waals surface area contributed by atoms with Gasteiger partial charge in [-0.1, -0.05) is 35.9 Å². The van der Waals surface area contributed by atoms with Gasteiger partial charge in [-0.05, 0) is 48.1 Å². The van der Waals surface area contributed by atoms with Crippen molar-refractivity contribution < 1.29 is 5.11 Å². The summed E-state index contributed by atoms with van der Waals surface area (Å²) >= 11 is 4.41. The van der Waals surface area contributed by atoms with E-state index in [9.17, 15) is 0 Å². The van der Waals surface area contributed by atoms with E-state index in [-0.39, 0.29) is 6.61 Å². The van der Waals surface area contributed by atoms with Crippen molar-refractivity contribution in [2.75, 3.05) is 6.61 Å². The molecule has 0 atom stereocenters. The first kappa shape index (κ1) is 13.4. The Labute approximate surface area is 114 Å². The molecular formula is C16H20OS. The lowest BCUT2D eigenvalue weighted by Gasteiger charge is -2.11. The quantitative estimate of drug-likeness (QED) is 0.617. The van der Waals surface area contributed by atoms with E-state index in [0.29, 0.717) is 0 Å². The van der Waals surface area contributed by atoms with Gasteiger partial charge in [0.2, 0.25) is 0 Å². The van der Waals surface area contributed by atoms with Crippen LogP contribution in [0.4, 0.5) is 0 Å². The minimum Gasteiger partial charge on any atom is -0.396 e. The van der Waals surface area contributed by atoms with Gasteiger partial charge in [0.05, 0.1) is 0 Å². The van der Waals surface area contributed by atoms with Crippen LogP contribution in [-0.2, 0) is 12.2 Å². The number of hydrogen-bond acceptors (Lipinski definition) is 2. The maximum Gasteiger partial charge on any atom is 0.0431 e. The van der Waals surface area contributed by atoms with E-state index in [1.165, 1.54) is 27.5 Å². The predicted molar refractivity (Wildman–Crippen MR) is 81.4 cm³/mol. The Hall–Kier alpha value is -0.990. The predicted octanol–water partition coefficient (Wildman–Crippen LogP) is 3.89. The number of rotatable bonds is 5. The van der Waals surface area contributed by atoms with E-state index in [2.05, 4.69) is 49.9 Å². The number of aryl methyl sites for hydroxylation is 2. The van der Waals surface area contributed by atoms with E-state index in [1.54, 1.807) is 0 Å². The van der Waals surface area contributed by atoms with Crippen LogP contribution in [-0.4, -0.2) is 11.7 Å². The number of thiol groups is 1. The second kappa shape index (κ2) is 6.26. The van der Waals surface area contributed by atoms with Gasteiger partial charge < -0.3 is 5.11 Å². The van der Waals surface area contributed by atoms with Crippen molar-refractivity contribution in [2.45, 2.75) is 31.9 Å². The molecule has 0 aromatic heterocycles. The summed E-state index contributed by atoms with van der Waals surface area (Å²) in [5.41, 5.74) is 3.99. The molecule has 0 bridgehead atoms. The first-order chi connectivity index (χ1) is 8.76. The summed E-state index contributed by atoms with van der Waals surface area (Å²) < 4.78 is 0. The molecule has 0 spiro atoms. The molecule has 0 fully saturated rings. The molecule has 96 valence electrons. The smallest absolute Gasteiger partial charge is 0.0431 e. The molecule has 18 heavy (non-hydrogen) atoms. The SMILES string of the molecule is Cc1cc(CCCCO)c2cccc(CS)c2c1. The van der Waals surface area contributed by atoms with Gasteiger partial charge in [-0.25, -0.2) is 0 Å². The number of aliphatic hydroxyl groups is 1. The van der Waals surface area contributed by atoms with Crippen molar-refractivity contribution in [3.8, 4) is 0 Å². The van der Waals surface area contributed by atoms with Gasteiger partial charge in [-0.2, -0.15) is 12.6 Å². The monoisotopic (exact) mass is 260 g/mol. The molecule has 0 aliphatic heterocycles. The molecule has 1 nitrogen and oxygen atoms in total. The number of benzene rings is 2. The Morgan fingerprint density at radius 2 is 1.89 bits per heavy atom. The minimum absolute atomic E-state index is 0.283. The third-order valence-corrected chi connectivity index (χ3v) is 3.68. The van der Waals surface area contributed by atoms with Gasteiger partial charge in [0, 0.05) is 12.4 Å². The first-order valence-corrected chi connectivity index (χ1v) is 7.12. The van der Waals surface area contributed by atoms with Crippen LogP contribution in [0.15, 0.2) is 30.3 Å². The van der Waals surface area contributed by atoms with Crippen molar-refractivity contribution in [1.29, 1.82) is 0 Å². The van der Waals surface area contributed by atoms with Crippen molar-refractivity contribution >= 4 is 23.4 Å². The number of fused-ring (bicyclic) bond motifs is 1. The average Bonchev–Trinajstić information content (AvgIpc) is 2.38. The molecule has 0 saturated carbocycles. The fraction of sp³-hybridized carbons (Fsp3) is 0.375. The number of unbranched alkanes of at least 4 members (excludes halogenated alkanes) is 1. The molecular weight excluding hydrogens is 240 g/mol. The molecule has 2 heteroatoms. The van der Waals surface area contributed by atoms with Crippen LogP contribution in [0.5, 0.6) is 0 Å². The van der Waals surface area contributed by atoms with E-state index in [1.807, 2.05) is 0 Å². The number of aliphatic hydroxyl groups excluding tert-OH is 1. The van der Waals surface area contributed by atoms with Crippen LogP contribution < -0.4 is 0 Å².